The summed E-state index contributed by atoms with van der Waals surface area (Å²) in [6.45, 7) is 4.72. The van der Waals surface area contributed by atoms with Gasteiger partial charge in [0.15, 0.2) is 0 Å². The van der Waals surface area contributed by atoms with Crippen LogP contribution in [-0.4, -0.2) is 36.0 Å². The highest BCUT2D eigenvalue weighted by molar-refractivity contribution is 9.10. The Labute approximate surface area is 141 Å². The number of likely N-dealkylation sites (tertiary alicyclic amines) is 1. The van der Waals surface area contributed by atoms with E-state index in [9.17, 15) is 4.79 Å². The second-order valence-electron chi connectivity index (χ2n) is 5.47. The fraction of sp³-hybridized carbons (Fsp3) is 0.533. The van der Waals surface area contributed by atoms with Gasteiger partial charge in [-0.3, -0.25) is 9.69 Å². The maximum absolute atomic E-state index is 11.6. The van der Waals surface area contributed by atoms with Crippen molar-refractivity contribution in [1.29, 1.82) is 0 Å². The number of rotatable bonds is 4. The van der Waals surface area contributed by atoms with Crippen molar-refractivity contribution < 1.29 is 4.79 Å². The average molecular weight is 377 g/mol. The molecule has 0 radical (unpaired) electrons. The van der Waals surface area contributed by atoms with Crippen molar-refractivity contribution in [2.75, 3.05) is 13.1 Å². The van der Waals surface area contributed by atoms with Crippen molar-refractivity contribution in [2.24, 2.45) is 5.73 Å². The van der Waals surface area contributed by atoms with Crippen LogP contribution in [0.4, 0.5) is 0 Å². The Balaban J connectivity index is 0.00000220. The molecule has 1 aromatic rings. The summed E-state index contributed by atoms with van der Waals surface area (Å²) >= 11 is 3.45. The number of benzene rings is 1. The number of nitrogens with one attached hydrogen (secondary N) is 1. The van der Waals surface area contributed by atoms with Gasteiger partial charge < -0.3 is 11.1 Å². The number of carbonyl (C=O) groups excluding carboxylic acids is 1. The molecule has 0 spiro atoms. The standard InChI is InChI=1S/C15H22BrN3O.ClH/c1-11(17)15(20)18-14-6-8-19(9-7-14)10-12-2-4-13(16)5-3-12;/h2-5,11,14H,6-10,17H2,1H3,(H,18,20);1H/t11-;/m1./s1. The lowest BCUT2D eigenvalue weighted by molar-refractivity contribution is -0.123. The molecule has 1 amide bonds. The predicted octanol–water partition coefficient (Wildman–Crippen LogP) is 2.30. The minimum atomic E-state index is -0.421. The zero-order valence-corrected chi connectivity index (χ0v) is 14.6. The Kier molecular flexibility index (Phi) is 7.66. The minimum absolute atomic E-state index is 0. The molecule has 1 aliphatic rings. The van der Waals surface area contributed by atoms with Gasteiger partial charge >= 0.3 is 0 Å². The Morgan fingerprint density at radius 1 is 1.38 bits per heavy atom. The quantitative estimate of drug-likeness (QED) is 0.848. The van der Waals surface area contributed by atoms with E-state index >= 15 is 0 Å². The Morgan fingerprint density at radius 3 is 2.48 bits per heavy atom. The van der Waals surface area contributed by atoms with Gasteiger partial charge in [-0.05, 0) is 37.5 Å². The van der Waals surface area contributed by atoms with E-state index in [4.69, 9.17) is 5.73 Å². The molecule has 6 heteroatoms. The number of piperidine rings is 1. The molecule has 0 saturated carbocycles. The summed E-state index contributed by atoms with van der Waals surface area (Å²) in [6.07, 6.45) is 1.99. The molecule has 3 N–H and O–H groups in total. The van der Waals surface area contributed by atoms with Crippen LogP contribution in [-0.2, 0) is 11.3 Å². The molecule has 1 saturated heterocycles. The number of amides is 1. The van der Waals surface area contributed by atoms with Crippen molar-refractivity contribution in [3.63, 3.8) is 0 Å². The topological polar surface area (TPSA) is 58.4 Å². The SMILES string of the molecule is C[C@@H](N)C(=O)NC1CCN(Cc2ccc(Br)cc2)CC1.Cl. The number of hydrogen-bond donors (Lipinski definition) is 2. The van der Waals surface area contributed by atoms with E-state index in [0.29, 0.717) is 0 Å². The summed E-state index contributed by atoms with van der Waals surface area (Å²) < 4.78 is 1.11. The second kappa shape index (κ2) is 8.73. The Bertz CT molecular complexity index is 445. The molecule has 0 aliphatic carbocycles. The molecule has 21 heavy (non-hydrogen) atoms. The molecule has 1 aliphatic heterocycles. The molecule has 0 unspecified atom stereocenters. The molecule has 2 rings (SSSR count). The van der Waals surface area contributed by atoms with Gasteiger partial charge in [-0.25, -0.2) is 0 Å². The first-order chi connectivity index (χ1) is 9.54. The maximum Gasteiger partial charge on any atom is 0.236 e. The van der Waals surface area contributed by atoms with Crippen LogP contribution < -0.4 is 11.1 Å². The first-order valence-corrected chi connectivity index (χ1v) is 7.86. The van der Waals surface area contributed by atoms with Crippen LogP contribution in [0.2, 0.25) is 0 Å². The molecular weight excluding hydrogens is 354 g/mol. The number of halogens is 2. The van der Waals surface area contributed by atoms with Gasteiger partial charge in [-0.15, -0.1) is 12.4 Å². The third-order valence-electron chi connectivity index (χ3n) is 3.67. The highest BCUT2D eigenvalue weighted by Crippen LogP contribution is 2.16. The van der Waals surface area contributed by atoms with Crippen molar-refractivity contribution in [3.05, 3.63) is 34.3 Å². The molecule has 1 atom stereocenters. The summed E-state index contributed by atoms with van der Waals surface area (Å²) in [5.41, 5.74) is 6.89. The van der Waals surface area contributed by atoms with Crippen LogP contribution in [0, 0.1) is 0 Å². The van der Waals surface area contributed by atoms with E-state index in [2.05, 4.69) is 50.4 Å². The lowest BCUT2D eigenvalue weighted by Gasteiger charge is -2.32. The first kappa shape index (κ1) is 18.4. The van der Waals surface area contributed by atoms with Crippen LogP contribution in [0.5, 0.6) is 0 Å². The lowest BCUT2D eigenvalue weighted by atomic mass is 10.0. The van der Waals surface area contributed by atoms with Crippen molar-refractivity contribution in [2.45, 2.75) is 38.4 Å². The fourth-order valence-electron chi connectivity index (χ4n) is 2.42. The van der Waals surface area contributed by atoms with Crippen molar-refractivity contribution in [1.82, 2.24) is 10.2 Å². The van der Waals surface area contributed by atoms with Gasteiger partial charge in [0.1, 0.15) is 0 Å². The largest absolute Gasteiger partial charge is 0.352 e. The molecule has 0 aromatic heterocycles. The number of nitrogens with two attached hydrogens (primary N) is 1. The molecule has 1 fully saturated rings. The lowest BCUT2D eigenvalue weighted by Crippen LogP contribution is -2.48. The van der Waals surface area contributed by atoms with Gasteiger partial charge in [0.2, 0.25) is 5.91 Å². The molecule has 0 bridgehead atoms. The van der Waals surface area contributed by atoms with Gasteiger partial charge in [-0.1, -0.05) is 28.1 Å². The smallest absolute Gasteiger partial charge is 0.236 e. The second-order valence-corrected chi connectivity index (χ2v) is 6.39. The van der Waals surface area contributed by atoms with Crippen LogP contribution in [0.25, 0.3) is 0 Å². The molecule has 118 valence electrons. The van der Waals surface area contributed by atoms with Gasteiger partial charge in [0.05, 0.1) is 6.04 Å². The summed E-state index contributed by atoms with van der Waals surface area (Å²) in [5, 5.41) is 3.01. The summed E-state index contributed by atoms with van der Waals surface area (Å²) in [5.74, 6) is -0.0450. The Hall–Kier alpha value is -0.620. The van der Waals surface area contributed by atoms with E-state index in [1.807, 2.05) is 0 Å². The van der Waals surface area contributed by atoms with E-state index in [1.54, 1.807) is 6.92 Å². The zero-order chi connectivity index (χ0) is 14.5. The average Bonchev–Trinajstić information content (AvgIpc) is 2.43. The summed E-state index contributed by atoms with van der Waals surface area (Å²) in [4.78, 5) is 14.0. The third kappa shape index (κ3) is 5.94. The highest BCUT2D eigenvalue weighted by atomic mass is 79.9. The summed E-state index contributed by atoms with van der Waals surface area (Å²) in [7, 11) is 0. The summed E-state index contributed by atoms with van der Waals surface area (Å²) in [6, 6.07) is 8.29. The molecule has 1 aromatic carbocycles. The van der Waals surface area contributed by atoms with E-state index in [1.165, 1.54) is 5.56 Å². The van der Waals surface area contributed by atoms with Crippen LogP contribution in [0.3, 0.4) is 0 Å². The van der Waals surface area contributed by atoms with Crippen molar-refractivity contribution in [3.8, 4) is 0 Å². The van der Waals surface area contributed by atoms with Crippen LogP contribution in [0.1, 0.15) is 25.3 Å². The fourth-order valence-corrected chi connectivity index (χ4v) is 2.68. The van der Waals surface area contributed by atoms with E-state index < -0.39 is 6.04 Å². The van der Waals surface area contributed by atoms with Gasteiger partial charge in [-0.2, -0.15) is 0 Å². The number of hydrogen-bond acceptors (Lipinski definition) is 3. The van der Waals surface area contributed by atoms with Gasteiger partial charge in [0.25, 0.3) is 0 Å². The highest BCUT2D eigenvalue weighted by Gasteiger charge is 2.21. The Morgan fingerprint density at radius 2 is 1.95 bits per heavy atom. The normalized spacial score (nSPS) is 17.9. The van der Waals surface area contributed by atoms with E-state index in [0.717, 1.165) is 36.9 Å². The van der Waals surface area contributed by atoms with E-state index in [-0.39, 0.29) is 24.4 Å². The molecule has 1 heterocycles. The monoisotopic (exact) mass is 375 g/mol. The van der Waals surface area contributed by atoms with Crippen LogP contribution >= 0.6 is 28.3 Å². The molecule has 4 nitrogen and oxygen atoms in total. The zero-order valence-electron chi connectivity index (χ0n) is 12.2. The molecular formula is C15H23BrClN3O. The van der Waals surface area contributed by atoms with Crippen molar-refractivity contribution >= 4 is 34.2 Å². The predicted molar refractivity (Wildman–Crippen MR) is 91.5 cm³/mol. The maximum atomic E-state index is 11.6. The number of carbonyl (C=O) groups is 1. The van der Waals surface area contributed by atoms with Crippen LogP contribution in [0.15, 0.2) is 28.7 Å². The van der Waals surface area contributed by atoms with Gasteiger partial charge in [0, 0.05) is 30.1 Å². The third-order valence-corrected chi connectivity index (χ3v) is 4.20. The number of nitrogens with zero attached hydrogens (tertiary/aromatic N) is 1. The first-order valence-electron chi connectivity index (χ1n) is 7.07. The minimum Gasteiger partial charge on any atom is -0.352 e.